The molecule has 0 bridgehead atoms. The molecule has 21 heavy (non-hydrogen) atoms. The Balaban J connectivity index is 1.93. The maximum Gasteiger partial charge on any atom is 0.311 e. The third-order valence-corrected chi connectivity index (χ3v) is 5.01. The maximum atomic E-state index is 12.8. The Morgan fingerprint density at radius 3 is 2.86 bits per heavy atom. The second-order valence-electron chi connectivity index (χ2n) is 5.96. The number of hydrogen-bond acceptors (Lipinski definition) is 4. The summed E-state index contributed by atoms with van der Waals surface area (Å²) < 4.78 is 1.59. The van der Waals surface area contributed by atoms with Gasteiger partial charge in [-0.3, -0.25) is 9.59 Å². The van der Waals surface area contributed by atoms with E-state index < -0.39 is 11.4 Å². The molecule has 7 nitrogen and oxygen atoms in total. The normalized spacial score (nSPS) is 27.9. The zero-order valence-electron chi connectivity index (χ0n) is 12.4. The van der Waals surface area contributed by atoms with E-state index in [1.807, 2.05) is 6.92 Å². The number of aliphatic carboxylic acids is 1. The van der Waals surface area contributed by atoms with Crippen LogP contribution in [0.1, 0.15) is 48.8 Å². The smallest absolute Gasteiger partial charge is 0.311 e. The lowest BCUT2D eigenvalue weighted by Crippen LogP contribution is -2.43. The van der Waals surface area contributed by atoms with Crippen LogP contribution in [0.5, 0.6) is 0 Å². The predicted octanol–water partition coefficient (Wildman–Crippen LogP) is 1.08. The number of nitrogens with zero attached hydrogens (tertiary/aromatic N) is 4. The van der Waals surface area contributed by atoms with E-state index in [1.165, 1.54) is 0 Å². The van der Waals surface area contributed by atoms with E-state index >= 15 is 0 Å². The number of carbonyl (C=O) groups is 2. The number of likely N-dealkylation sites (tertiary alicyclic amines) is 1. The molecule has 114 valence electrons. The Morgan fingerprint density at radius 2 is 2.19 bits per heavy atom. The highest BCUT2D eigenvalue weighted by Crippen LogP contribution is 2.49. The average Bonchev–Trinajstić information content (AvgIpc) is 3.10. The van der Waals surface area contributed by atoms with Crippen molar-refractivity contribution in [2.75, 3.05) is 6.54 Å². The minimum atomic E-state index is -0.765. The van der Waals surface area contributed by atoms with Crippen molar-refractivity contribution >= 4 is 11.9 Å². The first-order valence-corrected chi connectivity index (χ1v) is 7.45. The highest BCUT2D eigenvalue weighted by molar-refractivity contribution is 5.95. The van der Waals surface area contributed by atoms with Gasteiger partial charge in [0.05, 0.1) is 11.1 Å². The summed E-state index contributed by atoms with van der Waals surface area (Å²) in [6.07, 6.45) is 2.85. The summed E-state index contributed by atoms with van der Waals surface area (Å²) >= 11 is 0. The van der Waals surface area contributed by atoms with Crippen LogP contribution in [0.2, 0.25) is 0 Å². The Hall–Kier alpha value is -1.92. The fourth-order valence-corrected chi connectivity index (χ4v) is 3.90. The van der Waals surface area contributed by atoms with Gasteiger partial charge in [-0.1, -0.05) is 11.6 Å². The van der Waals surface area contributed by atoms with Gasteiger partial charge in [0.1, 0.15) is 5.69 Å². The molecule has 1 aromatic heterocycles. The first-order valence-electron chi connectivity index (χ1n) is 7.45. The molecule has 0 unspecified atom stereocenters. The quantitative estimate of drug-likeness (QED) is 0.900. The standard InChI is InChI=1S/C14H20N4O3/c1-3-18-11(9(2)15-16-18)12(19)17-8-7-14(13(20)21)6-4-5-10(14)17/h10H,3-8H2,1-2H3,(H,20,21)/t10-,14+/m0/s1. The van der Waals surface area contributed by atoms with Gasteiger partial charge in [-0.2, -0.15) is 0 Å². The van der Waals surface area contributed by atoms with Crippen LogP contribution in [-0.2, 0) is 11.3 Å². The van der Waals surface area contributed by atoms with Crippen molar-refractivity contribution < 1.29 is 14.7 Å². The van der Waals surface area contributed by atoms with Crippen LogP contribution >= 0.6 is 0 Å². The minimum Gasteiger partial charge on any atom is -0.481 e. The van der Waals surface area contributed by atoms with Crippen molar-refractivity contribution in [1.82, 2.24) is 19.9 Å². The van der Waals surface area contributed by atoms with Crippen molar-refractivity contribution in [1.29, 1.82) is 0 Å². The molecule has 2 aliphatic rings. The predicted molar refractivity (Wildman–Crippen MR) is 73.8 cm³/mol. The van der Waals surface area contributed by atoms with E-state index in [4.69, 9.17) is 0 Å². The number of aryl methyl sites for hydroxylation is 2. The number of aromatic nitrogens is 3. The Labute approximate surface area is 122 Å². The van der Waals surface area contributed by atoms with Crippen molar-refractivity contribution in [3.05, 3.63) is 11.4 Å². The lowest BCUT2D eigenvalue weighted by molar-refractivity contribution is -0.149. The van der Waals surface area contributed by atoms with Crippen molar-refractivity contribution in [3.8, 4) is 0 Å². The number of hydrogen-bond donors (Lipinski definition) is 1. The minimum absolute atomic E-state index is 0.130. The SMILES string of the molecule is CCn1nnc(C)c1C(=O)N1CC[C@]2(C(=O)O)CCC[C@H]12. The van der Waals surface area contributed by atoms with Crippen LogP contribution in [0.4, 0.5) is 0 Å². The highest BCUT2D eigenvalue weighted by Gasteiger charge is 2.57. The van der Waals surface area contributed by atoms with Crippen molar-refractivity contribution in [3.63, 3.8) is 0 Å². The number of carboxylic acid groups (broad SMARTS) is 1. The lowest BCUT2D eigenvalue weighted by Gasteiger charge is -2.28. The number of amides is 1. The molecule has 0 spiro atoms. The molecule has 1 aliphatic heterocycles. The van der Waals surface area contributed by atoms with Crippen LogP contribution in [0.25, 0.3) is 0 Å². The third kappa shape index (κ3) is 1.86. The molecule has 1 saturated heterocycles. The average molecular weight is 292 g/mol. The fraction of sp³-hybridized carbons (Fsp3) is 0.714. The van der Waals surface area contributed by atoms with Gasteiger partial charge in [0, 0.05) is 19.1 Å². The number of carboxylic acids is 1. The van der Waals surface area contributed by atoms with E-state index in [0.717, 1.165) is 12.8 Å². The molecule has 2 heterocycles. The molecule has 2 atom stereocenters. The van der Waals surface area contributed by atoms with E-state index in [1.54, 1.807) is 16.5 Å². The van der Waals surface area contributed by atoms with E-state index in [-0.39, 0.29) is 11.9 Å². The van der Waals surface area contributed by atoms with Crippen LogP contribution in [0, 0.1) is 12.3 Å². The van der Waals surface area contributed by atoms with E-state index in [9.17, 15) is 14.7 Å². The summed E-state index contributed by atoms with van der Waals surface area (Å²) in [7, 11) is 0. The van der Waals surface area contributed by atoms with Gasteiger partial charge in [-0.05, 0) is 33.1 Å². The molecule has 0 radical (unpaired) electrons. The molecule has 1 N–H and O–H groups in total. The number of fused-ring (bicyclic) bond motifs is 1. The van der Waals surface area contributed by atoms with E-state index in [0.29, 0.717) is 37.3 Å². The zero-order valence-corrected chi connectivity index (χ0v) is 12.4. The summed E-state index contributed by atoms with van der Waals surface area (Å²) in [5, 5.41) is 17.5. The van der Waals surface area contributed by atoms with Gasteiger partial charge in [-0.15, -0.1) is 5.10 Å². The second-order valence-corrected chi connectivity index (χ2v) is 5.96. The summed E-state index contributed by atoms with van der Waals surface area (Å²) in [4.78, 5) is 26.3. The second kappa shape index (κ2) is 4.82. The molecule has 1 aliphatic carbocycles. The van der Waals surface area contributed by atoms with Gasteiger partial charge < -0.3 is 10.0 Å². The molecule has 1 amide bonds. The maximum absolute atomic E-state index is 12.8. The van der Waals surface area contributed by atoms with Gasteiger partial charge >= 0.3 is 5.97 Å². The molecule has 2 fully saturated rings. The zero-order chi connectivity index (χ0) is 15.2. The number of carbonyl (C=O) groups excluding carboxylic acids is 1. The van der Waals surface area contributed by atoms with Crippen LogP contribution < -0.4 is 0 Å². The Kier molecular flexibility index (Phi) is 3.22. The molecule has 1 saturated carbocycles. The van der Waals surface area contributed by atoms with Gasteiger partial charge in [0.15, 0.2) is 0 Å². The van der Waals surface area contributed by atoms with E-state index in [2.05, 4.69) is 10.3 Å². The monoisotopic (exact) mass is 292 g/mol. The summed E-state index contributed by atoms with van der Waals surface area (Å²) in [6.45, 7) is 4.75. The van der Waals surface area contributed by atoms with Crippen LogP contribution in [0.15, 0.2) is 0 Å². The topological polar surface area (TPSA) is 88.3 Å². The molecular weight excluding hydrogens is 272 g/mol. The first-order chi connectivity index (χ1) is 10.0. The molecule has 7 heteroatoms. The summed E-state index contributed by atoms with van der Waals surface area (Å²) in [5.74, 6) is -0.895. The van der Waals surface area contributed by atoms with Crippen LogP contribution in [-0.4, -0.2) is 49.5 Å². The number of rotatable bonds is 3. The Morgan fingerprint density at radius 1 is 1.43 bits per heavy atom. The van der Waals surface area contributed by atoms with Gasteiger partial charge in [0.25, 0.3) is 5.91 Å². The molecular formula is C14H20N4O3. The fourth-order valence-electron chi connectivity index (χ4n) is 3.90. The molecule has 3 rings (SSSR count). The third-order valence-electron chi connectivity index (χ3n) is 5.01. The van der Waals surface area contributed by atoms with Gasteiger partial charge in [0.2, 0.25) is 0 Å². The highest BCUT2D eigenvalue weighted by atomic mass is 16.4. The van der Waals surface area contributed by atoms with Crippen molar-refractivity contribution in [2.24, 2.45) is 5.41 Å². The van der Waals surface area contributed by atoms with Gasteiger partial charge in [-0.25, -0.2) is 4.68 Å². The first kappa shape index (κ1) is 14.0. The summed E-state index contributed by atoms with van der Waals surface area (Å²) in [5.41, 5.74) is 0.354. The lowest BCUT2D eigenvalue weighted by atomic mass is 9.82. The Bertz CT molecular complexity index is 597. The summed E-state index contributed by atoms with van der Waals surface area (Å²) in [6, 6.07) is -0.192. The molecule has 1 aromatic rings. The van der Waals surface area contributed by atoms with Crippen molar-refractivity contribution in [2.45, 2.75) is 52.1 Å². The van der Waals surface area contributed by atoms with Crippen LogP contribution in [0.3, 0.4) is 0 Å². The molecule has 0 aromatic carbocycles. The largest absolute Gasteiger partial charge is 0.481 e.